The van der Waals surface area contributed by atoms with Crippen LogP contribution in [-0.2, 0) is 0 Å². The van der Waals surface area contributed by atoms with Crippen molar-refractivity contribution in [1.29, 1.82) is 0 Å². The standard InChI is InChI=1S/C8H5ClF3NO2/c1-15-8-4(6(9)14)5(10)3(2-13-8)7(11)12/h2,7H,1H3. The van der Waals surface area contributed by atoms with E-state index in [9.17, 15) is 18.0 Å². The zero-order valence-electron chi connectivity index (χ0n) is 7.43. The molecule has 3 nitrogen and oxygen atoms in total. The topological polar surface area (TPSA) is 39.2 Å². The van der Waals surface area contributed by atoms with Crippen LogP contribution in [0.4, 0.5) is 13.2 Å². The van der Waals surface area contributed by atoms with E-state index in [-0.39, 0.29) is 0 Å². The SMILES string of the molecule is COc1ncc(C(F)F)c(F)c1C(=O)Cl. The number of carbonyl (C=O) groups is 1. The highest BCUT2D eigenvalue weighted by molar-refractivity contribution is 6.68. The van der Waals surface area contributed by atoms with Gasteiger partial charge in [-0.1, -0.05) is 0 Å². The molecule has 0 atom stereocenters. The molecule has 0 N–H and O–H groups in total. The zero-order chi connectivity index (χ0) is 11.6. The molecule has 0 saturated heterocycles. The van der Waals surface area contributed by atoms with Gasteiger partial charge >= 0.3 is 0 Å². The van der Waals surface area contributed by atoms with Gasteiger partial charge in [0.15, 0.2) is 5.82 Å². The molecule has 15 heavy (non-hydrogen) atoms. The molecule has 0 saturated carbocycles. The van der Waals surface area contributed by atoms with Gasteiger partial charge in [-0.05, 0) is 11.6 Å². The van der Waals surface area contributed by atoms with Crippen molar-refractivity contribution in [2.24, 2.45) is 0 Å². The summed E-state index contributed by atoms with van der Waals surface area (Å²) in [6, 6.07) is 0. The van der Waals surface area contributed by atoms with Crippen LogP contribution in [0.2, 0.25) is 0 Å². The lowest BCUT2D eigenvalue weighted by Crippen LogP contribution is -2.06. The number of aromatic nitrogens is 1. The molecule has 0 aliphatic heterocycles. The van der Waals surface area contributed by atoms with Gasteiger partial charge in [-0.25, -0.2) is 18.2 Å². The summed E-state index contributed by atoms with van der Waals surface area (Å²) in [6.07, 6.45) is -2.47. The summed E-state index contributed by atoms with van der Waals surface area (Å²) in [5.74, 6) is -1.83. The van der Waals surface area contributed by atoms with E-state index in [4.69, 9.17) is 11.6 Å². The van der Waals surface area contributed by atoms with Crippen LogP contribution in [0, 0.1) is 5.82 Å². The number of methoxy groups -OCH3 is 1. The second-order valence-corrected chi connectivity index (χ2v) is 2.83. The Morgan fingerprint density at radius 3 is 2.60 bits per heavy atom. The van der Waals surface area contributed by atoms with Crippen molar-refractivity contribution in [1.82, 2.24) is 4.98 Å². The minimum absolute atomic E-state index is 0.420. The maximum Gasteiger partial charge on any atom is 0.268 e. The molecule has 0 bridgehead atoms. The molecule has 82 valence electrons. The molecule has 7 heteroatoms. The summed E-state index contributed by atoms with van der Waals surface area (Å²) in [5.41, 5.74) is -1.77. The van der Waals surface area contributed by atoms with Crippen molar-refractivity contribution < 1.29 is 22.7 Å². The lowest BCUT2D eigenvalue weighted by Gasteiger charge is -2.07. The van der Waals surface area contributed by atoms with E-state index >= 15 is 0 Å². The molecule has 0 spiro atoms. The summed E-state index contributed by atoms with van der Waals surface area (Å²) in [5, 5.41) is -1.24. The van der Waals surface area contributed by atoms with Gasteiger partial charge < -0.3 is 4.74 Å². The zero-order valence-corrected chi connectivity index (χ0v) is 8.19. The van der Waals surface area contributed by atoms with Crippen molar-refractivity contribution in [2.75, 3.05) is 7.11 Å². The third-order valence-corrected chi connectivity index (χ3v) is 1.82. The average Bonchev–Trinajstić information content (AvgIpc) is 2.15. The molecule has 0 fully saturated rings. The average molecular weight is 240 g/mol. The van der Waals surface area contributed by atoms with Gasteiger partial charge in [0.25, 0.3) is 11.7 Å². The number of ether oxygens (including phenoxy) is 1. The van der Waals surface area contributed by atoms with Crippen LogP contribution >= 0.6 is 11.6 Å². The molecule has 1 aromatic rings. The van der Waals surface area contributed by atoms with E-state index in [1.54, 1.807) is 0 Å². The Bertz CT molecular complexity index is 398. The number of hydrogen-bond donors (Lipinski definition) is 0. The molecule has 1 rings (SSSR count). The van der Waals surface area contributed by atoms with Crippen LogP contribution in [0.5, 0.6) is 5.88 Å². The number of pyridine rings is 1. The van der Waals surface area contributed by atoms with Crippen LogP contribution < -0.4 is 4.74 Å². The summed E-state index contributed by atoms with van der Waals surface area (Å²) < 4.78 is 42.3. The van der Waals surface area contributed by atoms with Crippen LogP contribution in [0.1, 0.15) is 22.3 Å². The van der Waals surface area contributed by atoms with Crippen LogP contribution in [-0.4, -0.2) is 17.3 Å². The van der Waals surface area contributed by atoms with Crippen LogP contribution in [0.3, 0.4) is 0 Å². The van der Waals surface area contributed by atoms with Gasteiger partial charge in [0, 0.05) is 6.20 Å². The van der Waals surface area contributed by atoms with Crippen molar-refractivity contribution in [3.63, 3.8) is 0 Å². The Hall–Kier alpha value is -1.30. The minimum atomic E-state index is -3.07. The van der Waals surface area contributed by atoms with Crippen LogP contribution in [0.15, 0.2) is 6.20 Å². The first-order chi connectivity index (χ1) is 6.99. The molecule has 0 aliphatic carbocycles. The fraction of sp³-hybridized carbons (Fsp3) is 0.250. The lowest BCUT2D eigenvalue weighted by molar-refractivity contribution is 0.107. The molecule has 0 radical (unpaired) electrons. The fourth-order valence-electron chi connectivity index (χ4n) is 0.965. The van der Waals surface area contributed by atoms with Crippen molar-refractivity contribution in [3.8, 4) is 5.88 Å². The van der Waals surface area contributed by atoms with Crippen molar-refractivity contribution in [2.45, 2.75) is 6.43 Å². The predicted octanol–water partition coefficient (Wildman–Crippen LogP) is 2.55. The third-order valence-electron chi connectivity index (χ3n) is 1.63. The van der Waals surface area contributed by atoms with Crippen LogP contribution in [0.25, 0.3) is 0 Å². The van der Waals surface area contributed by atoms with Crippen molar-refractivity contribution >= 4 is 16.8 Å². The Morgan fingerprint density at radius 1 is 1.60 bits per heavy atom. The molecule has 0 aromatic carbocycles. The van der Waals surface area contributed by atoms with E-state index < -0.39 is 34.5 Å². The van der Waals surface area contributed by atoms with Gasteiger partial charge in [0.2, 0.25) is 5.88 Å². The monoisotopic (exact) mass is 239 g/mol. The number of hydrogen-bond acceptors (Lipinski definition) is 3. The number of rotatable bonds is 3. The first-order valence-corrected chi connectivity index (χ1v) is 4.07. The predicted molar refractivity (Wildman–Crippen MR) is 45.9 cm³/mol. The molecular weight excluding hydrogens is 235 g/mol. The maximum atomic E-state index is 13.3. The molecule has 0 unspecified atom stereocenters. The van der Waals surface area contributed by atoms with Gasteiger partial charge in [0.05, 0.1) is 12.7 Å². The Morgan fingerprint density at radius 2 is 2.20 bits per heavy atom. The quantitative estimate of drug-likeness (QED) is 0.761. The number of halogens is 4. The van der Waals surface area contributed by atoms with Gasteiger partial charge in [0.1, 0.15) is 5.56 Å². The van der Waals surface area contributed by atoms with E-state index in [1.807, 2.05) is 0 Å². The Balaban J connectivity index is 3.42. The van der Waals surface area contributed by atoms with Gasteiger partial charge in [-0.3, -0.25) is 4.79 Å². The summed E-state index contributed by atoms with van der Waals surface area (Å²) in [4.78, 5) is 14.1. The summed E-state index contributed by atoms with van der Waals surface area (Å²) in [6.45, 7) is 0. The van der Waals surface area contributed by atoms with E-state index in [1.165, 1.54) is 0 Å². The number of carbonyl (C=O) groups excluding carboxylic acids is 1. The smallest absolute Gasteiger partial charge is 0.268 e. The highest BCUT2D eigenvalue weighted by Gasteiger charge is 2.24. The molecule has 1 heterocycles. The van der Waals surface area contributed by atoms with Gasteiger partial charge in [-0.15, -0.1) is 0 Å². The summed E-state index contributed by atoms with van der Waals surface area (Å²) in [7, 11) is 1.12. The molecule has 0 amide bonds. The second kappa shape index (κ2) is 4.48. The van der Waals surface area contributed by atoms with E-state index in [2.05, 4.69) is 9.72 Å². The maximum absolute atomic E-state index is 13.3. The minimum Gasteiger partial charge on any atom is -0.480 e. The molecular formula is C8H5ClF3NO2. The largest absolute Gasteiger partial charge is 0.480 e. The van der Waals surface area contributed by atoms with Gasteiger partial charge in [-0.2, -0.15) is 0 Å². The number of alkyl halides is 2. The Labute approximate surface area is 87.8 Å². The number of nitrogens with zero attached hydrogens (tertiary/aromatic N) is 1. The normalized spacial score (nSPS) is 10.5. The first-order valence-electron chi connectivity index (χ1n) is 3.69. The van der Waals surface area contributed by atoms with E-state index in [0.29, 0.717) is 6.20 Å². The van der Waals surface area contributed by atoms with E-state index in [0.717, 1.165) is 7.11 Å². The lowest BCUT2D eigenvalue weighted by atomic mass is 10.2. The third kappa shape index (κ3) is 2.20. The first kappa shape index (κ1) is 11.8. The second-order valence-electron chi connectivity index (χ2n) is 2.49. The summed E-state index contributed by atoms with van der Waals surface area (Å²) >= 11 is 5.03. The Kier molecular flexibility index (Phi) is 3.52. The molecule has 1 aromatic heterocycles. The highest BCUT2D eigenvalue weighted by atomic mass is 35.5. The highest BCUT2D eigenvalue weighted by Crippen LogP contribution is 2.28. The molecule has 0 aliphatic rings. The van der Waals surface area contributed by atoms with Crippen molar-refractivity contribution in [3.05, 3.63) is 23.1 Å². The fourth-order valence-corrected chi connectivity index (χ4v) is 1.13.